The maximum Gasteiger partial charge on any atom is 0.323 e. The number of phenolic OH excluding ortho intramolecular Hbond substituents is 1. The molecular formula is C17H25NO5. The van der Waals surface area contributed by atoms with Gasteiger partial charge in [0.1, 0.15) is 11.8 Å². The summed E-state index contributed by atoms with van der Waals surface area (Å²) in [7, 11) is 1.34. The summed E-state index contributed by atoms with van der Waals surface area (Å²) in [5.41, 5.74) is 0.918. The maximum absolute atomic E-state index is 12.0. The molecule has 0 amide bonds. The number of carbonyl (C=O) groups excluding carboxylic acids is 1. The van der Waals surface area contributed by atoms with Crippen molar-refractivity contribution in [3.63, 3.8) is 0 Å². The molecule has 128 valence electrons. The van der Waals surface area contributed by atoms with E-state index in [4.69, 9.17) is 9.47 Å². The van der Waals surface area contributed by atoms with E-state index < -0.39 is 12.5 Å². The second-order valence-electron chi connectivity index (χ2n) is 6.22. The summed E-state index contributed by atoms with van der Waals surface area (Å²) in [4.78, 5) is 13.7. The first-order chi connectivity index (χ1) is 10.9. The number of phenols is 1. The first-order valence-corrected chi connectivity index (χ1v) is 7.88. The lowest BCUT2D eigenvalue weighted by Gasteiger charge is -2.33. The standard InChI is InChI=1S/C17H25NO5/c1-11(2)10-23-17(21)18-14(8-9-15(18)16(20)22-3)12-4-6-13(19)7-5-12/h4-7,11,14-15,17,19,21H,8-10H2,1-3H3/t14?,15-,17?/m0/s1. The third kappa shape index (κ3) is 4.22. The van der Waals surface area contributed by atoms with Crippen molar-refractivity contribution >= 4 is 5.97 Å². The number of benzene rings is 1. The molecule has 0 radical (unpaired) electrons. The van der Waals surface area contributed by atoms with Crippen LogP contribution in [-0.2, 0) is 14.3 Å². The minimum Gasteiger partial charge on any atom is -0.508 e. The smallest absolute Gasteiger partial charge is 0.323 e. The van der Waals surface area contributed by atoms with Crippen molar-refractivity contribution in [3.8, 4) is 5.75 Å². The summed E-state index contributed by atoms with van der Waals surface area (Å²) in [6, 6.07) is 6.08. The number of esters is 1. The zero-order chi connectivity index (χ0) is 17.0. The Morgan fingerprint density at radius 2 is 1.96 bits per heavy atom. The normalized spacial score (nSPS) is 23.2. The molecule has 0 spiro atoms. The number of aromatic hydroxyl groups is 1. The number of hydrogen-bond donors (Lipinski definition) is 2. The average Bonchev–Trinajstić information content (AvgIpc) is 2.97. The van der Waals surface area contributed by atoms with E-state index in [2.05, 4.69) is 0 Å². The fourth-order valence-corrected chi connectivity index (χ4v) is 2.91. The SMILES string of the molecule is COC(=O)[C@@H]1CCC(c2ccc(O)cc2)N1C(O)OCC(C)C. The van der Waals surface area contributed by atoms with Gasteiger partial charge in [-0.3, -0.25) is 4.79 Å². The van der Waals surface area contributed by atoms with Gasteiger partial charge in [0.05, 0.1) is 13.7 Å². The van der Waals surface area contributed by atoms with Crippen molar-refractivity contribution in [1.82, 2.24) is 4.90 Å². The fraction of sp³-hybridized carbons (Fsp3) is 0.588. The number of carbonyl (C=O) groups is 1. The first-order valence-electron chi connectivity index (χ1n) is 7.88. The van der Waals surface area contributed by atoms with Gasteiger partial charge in [-0.25, -0.2) is 4.90 Å². The molecule has 1 aliphatic heterocycles. The van der Waals surface area contributed by atoms with Crippen LogP contribution >= 0.6 is 0 Å². The van der Waals surface area contributed by atoms with Gasteiger partial charge < -0.3 is 19.7 Å². The van der Waals surface area contributed by atoms with Crippen LogP contribution in [0.3, 0.4) is 0 Å². The predicted molar refractivity (Wildman–Crippen MR) is 84.5 cm³/mol. The number of aliphatic hydroxyl groups is 1. The van der Waals surface area contributed by atoms with Gasteiger partial charge in [0, 0.05) is 6.04 Å². The molecule has 0 bridgehead atoms. The Morgan fingerprint density at radius 1 is 1.30 bits per heavy atom. The van der Waals surface area contributed by atoms with Crippen LogP contribution in [0.5, 0.6) is 5.75 Å². The Balaban J connectivity index is 2.22. The molecule has 23 heavy (non-hydrogen) atoms. The average molecular weight is 323 g/mol. The highest BCUT2D eigenvalue weighted by molar-refractivity contribution is 5.76. The van der Waals surface area contributed by atoms with Crippen molar-refractivity contribution in [2.75, 3.05) is 13.7 Å². The zero-order valence-electron chi connectivity index (χ0n) is 13.8. The summed E-state index contributed by atoms with van der Waals surface area (Å²) in [6.07, 6.45) is 0.107. The molecule has 0 saturated carbocycles. The van der Waals surface area contributed by atoms with Crippen LogP contribution in [0.25, 0.3) is 0 Å². The molecule has 6 nitrogen and oxygen atoms in total. The molecule has 1 fully saturated rings. The molecule has 2 N–H and O–H groups in total. The van der Waals surface area contributed by atoms with Gasteiger partial charge in [0.2, 0.25) is 6.41 Å². The van der Waals surface area contributed by atoms with Crippen LogP contribution in [0.2, 0.25) is 0 Å². The molecule has 2 unspecified atom stereocenters. The molecule has 0 aliphatic carbocycles. The Hall–Kier alpha value is -1.63. The molecule has 2 rings (SSSR count). The zero-order valence-corrected chi connectivity index (χ0v) is 13.8. The van der Waals surface area contributed by atoms with Crippen LogP contribution in [0, 0.1) is 5.92 Å². The van der Waals surface area contributed by atoms with Crippen LogP contribution in [-0.4, -0.2) is 47.3 Å². The fourth-order valence-electron chi connectivity index (χ4n) is 2.91. The van der Waals surface area contributed by atoms with Crippen LogP contribution in [0.1, 0.15) is 38.3 Å². The van der Waals surface area contributed by atoms with Gasteiger partial charge in [-0.15, -0.1) is 0 Å². The number of ether oxygens (including phenoxy) is 2. The monoisotopic (exact) mass is 323 g/mol. The lowest BCUT2D eigenvalue weighted by Crippen LogP contribution is -2.46. The quantitative estimate of drug-likeness (QED) is 0.616. The van der Waals surface area contributed by atoms with E-state index in [9.17, 15) is 15.0 Å². The van der Waals surface area contributed by atoms with Crippen LogP contribution < -0.4 is 0 Å². The summed E-state index contributed by atoms with van der Waals surface area (Å²) in [5, 5.41) is 19.9. The Morgan fingerprint density at radius 3 is 2.52 bits per heavy atom. The van der Waals surface area contributed by atoms with Crippen molar-refractivity contribution in [3.05, 3.63) is 29.8 Å². The van der Waals surface area contributed by atoms with E-state index in [1.54, 1.807) is 29.2 Å². The van der Waals surface area contributed by atoms with Crippen molar-refractivity contribution in [2.24, 2.45) is 5.92 Å². The molecule has 1 aliphatic rings. The van der Waals surface area contributed by atoms with E-state index in [0.717, 1.165) is 5.56 Å². The second kappa shape index (κ2) is 7.77. The van der Waals surface area contributed by atoms with Gasteiger partial charge in [-0.05, 0) is 36.5 Å². The Kier molecular flexibility index (Phi) is 5.98. The largest absolute Gasteiger partial charge is 0.508 e. The van der Waals surface area contributed by atoms with Gasteiger partial charge in [0.15, 0.2) is 0 Å². The maximum atomic E-state index is 12.0. The Bertz CT molecular complexity index is 516. The van der Waals surface area contributed by atoms with Crippen LogP contribution in [0.15, 0.2) is 24.3 Å². The predicted octanol–water partition coefficient (Wildman–Crippen LogP) is 2.02. The number of nitrogens with zero attached hydrogens (tertiary/aromatic N) is 1. The highest BCUT2D eigenvalue weighted by atomic mass is 16.6. The number of hydrogen-bond acceptors (Lipinski definition) is 6. The molecule has 1 aromatic rings. The lowest BCUT2D eigenvalue weighted by molar-refractivity contribution is -0.218. The third-order valence-electron chi connectivity index (χ3n) is 4.02. The number of aliphatic hydroxyl groups excluding tert-OH is 1. The van der Waals surface area contributed by atoms with E-state index in [1.807, 2.05) is 13.8 Å². The van der Waals surface area contributed by atoms with Crippen LogP contribution in [0.4, 0.5) is 0 Å². The highest BCUT2D eigenvalue weighted by Crippen LogP contribution is 2.38. The highest BCUT2D eigenvalue weighted by Gasteiger charge is 2.43. The molecule has 1 saturated heterocycles. The Labute approximate surface area is 136 Å². The summed E-state index contributed by atoms with van der Waals surface area (Å²) < 4.78 is 10.4. The first kappa shape index (κ1) is 17.7. The lowest BCUT2D eigenvalue weighted by atomic mass is 10.0. The summed E-state index contributed by atoms with van der Waals surface area (Å²) in [6.45, 7) is 4.38. The molecular weight excluding hydrogens is 298 g/mol. The molecule has 6 heteroatoms. The van der Waals surface area contributed by atoms with Gasteiger partial charge in [0.25, 0.3) is 0 Å². The van der Waals surface area contributed by atoms with Crippen molar-refractivity contribution in [1.29, 1.82) is 0 Å². The second-order valence-corrected chi connectivity index (χ2v) is 6.22. The van der Waals surface area contributed by atoms with Crippen molar-refractivity contribution in [2.45, 2.75) is 45.2 Å². The van der Waals surface area contributed by atoms with E-state index in [-0.39, 0.29) is 23.7 Å². The van der Waals surface area contributed by atoms with Gasteiger partial charge in [-0.1, -0.05) is 26.0 Å². The number of likely N-dealkylation sites (tertiary alicyclic amines) is 1. The van der Waals surface area contributed by atoms with E-state index in [1.165, 1.54) is 7.11 Å². The molecule has 1 heterocycles. The number of rotatable bonds is 6. The number of methoxy groups -OCH3 is 1. The molecule has 1 aromatic carbocycles. The van der Waals surface area contributed by atoms with Gasteiger partial charge in [-0.2, -0.15) is 0 Å². The minimum atomic E-state index is -1.18. The molecule has 3 atom stereocenters. The summed E-state index contributed by atoms with van der Waals surface area (Å²) in [5.74, 6) is 0.0776. The van der Waals surface area contributed by atoms with Crippen molar-refractivity contribution < 1.29 is 24.5 Å². The molecule has 0 aromatic heterocycles. The van der Waals surface area contributed by atoms with E-state index in [0.29, 0.717) is 19.4 Å². The van der Waals surface area contributed by atoms with E-state index >= 15 is 0 Å². The topological polar surface area (TPSA) is 79.2 Å². The third-order valence-corrected chi connectivity index (χ3v) is 4.02. The minimum absolute atomic E-state index is 0.165. The summed E-state index contributed by atoms with van der Waals surface area (Å²) >= 11 is 0. The van der Waals surface area contributed by atoms with Gasteiger partial charge >= 0.3 is 5.97 Å².